The summed E-state index contributed by atoms with van der Waals surface area (Å²) in [5, 5.41) is 13.3. The minimum absolute atomic E-state index is 0.116. The van der Waals surface area contributed by atoms with E-state index in [4.69, 9.17) is 0 Å². The van der Waals surface area contributed by atoms with Crippen LogP contribution in [0.2, 0.25) is 0 Å². The highest BCUT2D eigenvalue weighted by molar-refractivity contribution is 8.06. The number of hydrogen-bond acceptors (Lipinski definition) is 3. The first-order valence-corrected chi connectivity index (χ1v) is 18.0. The molecule has 0 amide bonds. The van der Waals surface area contributed by atoms with Gasteiger partial charge in [-0.1, -0.05) is 85.8 Å². The van der Waals surface area contributed by atoms with Crippen molar-refractivity contribution in [2.24, 2.45) is 23.7 Å². The number of Topliss-reactive ketones (excluding diaryl/α,β-unsaturated/α-hetero) is 1. The molecule has 2 aliphatic rings. The van der Waals surface area contributed by atoms with E-state index in [0.29, 0.717) is 34.8 Å². The Hall–Kier alpha value is -1.91. The second-order valence-corrected chi connectivity index (χ2v) is 16.4. The zero-order valence-electron chi connectivity index (χ0n) is 27.5. The third kappa shape index (κ3) is 11.3. The number of allylic oxidation sites excluding steroid dienone is 8. The lowest BCUT2D eigenvalue weighted by Gasteiger charge is -2.29. The number of carbonyl (C=O) groups excluding carboxylic acids is 1. The number of aryl methyl sites for hydroxylation is 2. The van der Waals surface area contributed by atoms with Crippen molar-refractivity contribution in [3.63, 3.8) is 0 Å². The number of ketones is 1. The number of rotatable bonds is 16. The zero-order valence-corrected chi connectivity index (χ0v) is 29.1. The molecular weight excluding hydrogens is 553 g/mol. The van der Waals surface area contributed by atoms with Gasteiger partial charge in [0.15, 0.2) is 5.78 Å². The molecule has 0 N–H and O–H groups in total. The largest absolute Gasteiger partial charge is 0.871 e. The summed E-state index contributed by atoms with van der Waals surface area (Å²) in [5.74, 6) is 2.45. The standard InChI is InChI=1S/C38H54O2S2/c1-25(2)11-9-13-31-19-29(21-33(41-31)17-15-27(5)6)23-35-37(39)36(38(35)40)24-30-20-32(14-10-12-26(3)4)42-34(22-30)18-16-28(7)8/h19-28H,9-18H2,1-8H3. The molecule has 0 spiro atoms. The molecule has 2 heterocycles. The molecule has 3 rings (SSSR count). The van der Waals surface area contributed by atoms with Gasteiger partial charge in [-0.05, 0) is 107 Å². The second kappa shape index (κ2) is 16.8. The molecule has 0 aromatic carbocycles. The molecule has 0 bridgehead atoms. The Morgan fingerprint density at radius 1 is 0.714 bits per heavy atom. The van der Waals surface area contributed by atoms with Gasteiger partial charge in [0.1, 0.15) is 0 Å². The highest BCUT2D eigenvalue weighted by atomic mass is 32.2. The molecule has 1 aromatic rings. The van der Waals surface area contributed by atoms with Crippen molar-refractivity contribution in [1.29, 1.82) is 0 Å². The molecule has 0 radical (unpaired) electrons. The van der Waals surface area contributed by atoms with Gasteiger partial charge in [-0.15, -0.1) is 0 Å². The van der Waals surface area contributed by atoms with Crippen LogP contribution in [0.25, 0.3) is 6.08 Å². The van der Waals surface area contributed by atoms with Crippen LogP contribution in [0.4, 0.5) is 0 Å². The first kappa shape index (κ1) is 34.6. The maximum atomic E-state index is 13.3. The van der Waals surface area contributed by atoms with E-state index in [1.165, 1.54) is 45.2 Å². The van der Waals surface area contributed by atoms with Gasteiger partial charge in [-0.2, -0.15) is 0 Å². The van der Waals surface area contributed by atoms with Gasteiger partial charge in [0, 0.05) is 36.1 Å². The van der Waals surface area contributed by atoms with Crippen LogP contribution in [0.1, 0.15) is 122 Å². The molecule has 230 valence electrons. The van der Waals surface area contributed by atoms with E-state index in [1.807, 2.05) is 35.3 Å². The summed E-state index contributed by atoms with van der Waals surface area (Å²) >= 11 is 3.79. The number of hydrogen-bond donors (Lipinski definition) is 0. The Kier molecular flexibility index (Phi) is 13.8. The van der Waals surface area contributed by atoms with Crippen LogP contribution < -0.4 is 5.11 Å². The lowest BCUT2D eigenvalue weighted by atomic mass is 9.85. The van der Waals surface area contributed by atoms with Crippen molar-refractivity contribution in [3.8, 4) is 0 Å². The summed E-state index contributed by atoms with van der Waals surface area (Å²) in [6, 6.07) is 4.39. The van der Waals surface area contributed by atoms with Crippen LogP contribution in [0.3, 0.4) is 0 Å². The molecule has 2 nitrogen and oxygen atoms in total. The molecule has 1 aliphatic carbocycles. The molecule has 1 aliphatic heterocycles. The van der Waals surface area contributed by atoms with Gasteiger partial charge in [0.05, 0.1) is 0 Å². The van der Waals surface area contributed by atoms with Crippen molar-refractivity contribution in [1.82, 2.24) is 0 Å². The van der Waals surface area contributed by atoms with Crippen LogP contribution >= 0.6 is 23.1 Å². The van der Waals surface area contributed by atoms with Crippen LogP contribution in [-0.4, -0.2) is 5.78 Å². The Balaban J connectivity index is 1.87. The van der Waals surface area contributed by atoms with Gasteiger partial charge < -0.3 is 5.11 Å². The predicted molar refractivity (Wildman–Crippen MR) is 184 cm³/mol. The van der Waals surface area contributed by atoms with Crippen molar-refractivity contribution in [2.75, 3.05) is 0 Å². The lowest BCUT2D eigenvalue weighted by molar-refractivity contribution is -0.300. The maximum Gasteiger partial charge on any atom is 0.218 e. The highest BCUT2D eigenvalue weighted by Gasteiger charge is 2.27. The Labute approximate surface area is 265 Å². The Morgan fingerprint density at radius 2 is 1.24 bits per heavy atom. The Bertz CT molecular complexity index is 1240. The first-order chi connectivity index (χ1) is 19.9. The van der Waals surface area contributed by atoms with Crippen molar-refractivity contribution < 1.29 is 9.90 Å². The summed E-state index contributed by atoms with van der Waals surface area (Å²) in [6.07, 6.45) is 19.3. The minimum Gasteiger partial charge on any atom is -0.871 e. The molecule has 1 aromatic heterocycles. The summed E-state index contributed by atoms with van der Waals surface area (Å²) in [5.41, 5.74) is 2.65. The van der Waals surface area contributed by atoms with E-state index < -0.39 is 0 Å². The van der Waals surface area contributed by atoms with Crippen LogP contribution in [-0.2, 0) is 17.6 Å². The monoisotopic (exact) mass is 606 g/mol. The SMILES string of the molecule is CC(C)CCCC1=CC(=CC2=C([O-])C(=Cc3cc(CCCC(C)C)[s+]c(CCC(C)C)c3)C2=O)C=C(CCC(C)C)S1. The molecule has 4 heteroatoms. The zero-order chi connectivity index (χ0) is 30.8. The van der Waals surface area contributed by atoms with E-state index in [0.717, 1.165) is 49.7 Å². The average Bonchev–Trinajstić information content (AvgIpc) is 2.92. The maximum absolute atomic E-state index is 13.3. The fourth-order valence-electron chi connectivity index (χ4n) is 5.20. The van der Waals surface area contributed by atoms with Crippen molar-refractivity contribution in [3.05, 3.63) is 78.0 Å². The van der Waals surface area contributed by atoms with Gasteiger partial charge in [0.25, 0.3) is 0 Å². The van der Waals surface area contributed by atoms with E-state index in [1.54, 1.807) is 0 Å². The van der Waals surface area contributed by atoms with Crippen molar-refractivity contribution in [2.45, 2.75) is 120 Å². The fourth-order valence-corrected chi connectivity index (χ4v) is 7.59. The van der Waals surface area contributed by atoms with Gasteiger partial charge in [-0.25, -0.2) is 0 Å². The van der Waals surface area contributed by atoms with E-state index in [2.05, 4.69) is 79.7 Å². The quantitative estimate of drug-likeness (QED) is 0.139. The van der Waals surface area contributed by atoms with Crippen LogP contribution in [0, 0.1) is 23.7 Å². The summed E-state index contributed by atoms with van der Waals surface area (Å²) in [4.78, 5) is 18.7. The topological polar surface area (TPSA) is 40.1 Å². The van der Waals surface area contributed by atoms with E-state index >= 15 is 0 Å². The molecule has 0 atom stereocenters. The predicted octanol–water partition coefficient (Wildman–Crippen LogP) is 10.9. The van der Waals surface area contributed by atoms with Gasteiger partial charge in [0.2, 0.25) is 21.1 Å². The van der Waals surface area contributed by atoms with Crippen LogP contribution in [0.5, 0.6) is 0 Å². The van der Waals surface area contributed by atoms with E-state index in [-0.39, 0.29) is 11.5 Å². The number of thioether (sulfide) groups is 1. The normalized spacial score (nSPS) is 17.8. The van der Waals surface area contributed by atoms with Crippen LogP contribution in [0.15, 0.2) is 62.6 Å². The molecule has 42 heavy (non-hydrogen) atoms. The average molecular weight is 607 g/mol. The summed E-state index contributed by atoms with van der Waals surface area (Å²) in [7, 11) is 0. The third-order valence-corrected chi connectivity index (χ3v) is 10.1. The van der Waals surface area contributed by atoms with Crippen molar-refractivity contribution >= 4 is 35.0 Å². The Morgan fingerprint density at radius 3 is 1.81 bits per heavy atom. The second-order valence-electron chi connectivity index (χ2n) is 13.9. The highest BCUT2D eigenvalue weighted by Crippen LogP contribution is 2.40. The first-order valence-electron chi connectivity index (χ1n) is 16.4. The molecule has 0 saturated carbocycles. The minimum atomic E-state index is -0.116. The molecule has 0 fully saturated rings. The van der Waals surface area contributed by atoms with Gasteiger partial charge in [-0.3, -0.25) is 4.79 Å². The van der Waals surface area contributed by atoms with E-state index in [9.17, 15) is 9.90 Å². The summed E-state index contributed by atoms with van der Waals surface area (Å²) < 4.78 is 0. The third-order valence-electron chi connectivity index (χ3n) is 7.78. The van der Waals surface area contributed by atoms with Gasteiger partial charge >= 0.3 is 0 Å². The smallest absolute Gasteiger partial charge is 0.218 e. The number of carbonyl (C=O) groups is 1. The molecule has 0 unspecified atom stereocenters. The lowest BCUT2D eigenvalue weighted by Crippen LogP contribution is -2.29. The summed E-state index contributed by atoms with van der Waals surface area (Å²) in [6.45, 7) is 18.1. The molecule has 0 saturated heterocycles. The molecular formula is C38H54O2S2. The fraction of sp³-hybridized carbons (Fsp3) is 0.579.